The van der Waals surface area contributed by atoms with Crippen LogP contribution in [0.15, 0.2) is 36.4 Å². The van der Waals surface area contributed by atoms with E-state index in [9.17, 15) is 5.11 Å². The van der Waals surface area contributed by atoms with Gasteiger partial charge in [0.05, 0.1) is 0 Å². The number of hydrogen-bond donors (Lipinski definition) is 3. The normalized spacial score (nSPS) is 12.7. The summed E-state index contributed by atoms with van der Waals surface area (Å²) < 4.78 is 0. The third-order valence-corrected chi connectivity index (χ3v) is 3.48. The highest BCUT2D eigenvalue weighted by Gasteiger charge is 2.11. The fourth-order valence-corrected chi connectivity index (χ4v) is 2.32. The molecule has 4 N–H and O–H groups in total. The van der Waals surface area contributed by atoms with E-state index in [2.05, 4.69) is 18.3 Å². The molecule has 0 heterocycles. The molecule has 3 nitrogen and oxygen atoms in total. The Morgan fingerprint density at radius 3 is 2.74 bits per heavy atom. The van der Waals surface area contributed by atoms with Gasteiger partial charge in [0.1, 0.15) is 5.75 Å². The van der Waals surface area contributed by atoms with E-state index in [1.165, 1.54) is 0 Å². The molecule has 2 aromatic rings. The van der Waals surface area contributed by atoms with Crippen molar-refractivity contribution in [3.63, 3.8) is 0 Å². The molecule has 2 aromatic carbocycles. The average Bonchev–Trinajstić information content (AvgIpc) is 2.44. The molecule has 0 saturated heterocycles. The largest absolute Gasteiger partial charge is 0.507 e. The third-order valence-electron chi connectivity index (χ3n) is 3.48. The highest BCUT2D eigenvalue weighted by molar-refractivity contribution is 5.89. The number of fused-ring (bicyclic) bond motifs is 1. The minimum Gasteiger partial charge on any atom is -0.507 e. The van der Waals surface area contributed by atoms with Gasteiger partial charge in [0, 0.05) is 17.0 Å². The van der Waals surface area contributed by atoms with Crippen LogP contribution in [0, 0.1) is 0 Å². The quantitative estimate of drug-likeness (QED) is 0.698. The molecule has 0 amide bonds. The third kappa shape index (κ3) is 3.25. The van der Waals surface area contributed by atoms with Gasteiger partial charge < -0.3 is 16.2 Å². The summed E-state index contributed by atoms with van der Waals surface area (Å²) in [6, 6.07) is 12.1. The number of hydrogen-bond acceptors (Lipinski definition) is 3. The zero-order valence-electron chi connectivity index (χ0n) is 11.4. The molecule has 0 fully saturated rings. The summed E-state index contributed by atoms with van der Waals surface area (Å²) in [5, 5.41) is 15.8. The Morgan fingerprint density at radius 1 is 1.16 bits per heavy atom. The van der Waals surface area contributed by atoms with Crippen LogP contribution in [0.5, 0.6) is 5.75 Å². The zero-order valence-corrected chi connectivity index (χ0v) is 11.4. The van der Waals surface area contributed by atoms with Crippen LogP contribution in [0.25, 0.3) is 10.8 Å². The van der Waals surface area contributed by atoms with Crippen molar-refractivity contribution in [2.24, 2.45) is 5.73 Å². The van der Waals surface area contributed by atoms with Crippen LogP contribution < -0.4 is 11.1 Å². The molecule has 0 bridgehead atoms. The van der Waals surface area contributed by atoms with E-state index in [0.29, 0.717) is 5.75 Å². The number of unbranched alkanes of at least 4 members (excludes halogenated alkanes) is 1. The van der Waals surface area contributed by atoms with Crippen LogP contribution in [-0.2, 0) is 0 Å². The molecule has 1 atom stereocenters. The summed E-state index contributed by atoms with van der Waals surface area (Å²) in [7, 11) is 0. The Bertz CT molecular complexity index is 539. The Kier molecular flexibility index (Phi) is 4.77. The number of phenols is 1. The van der Waals surface area contributed by atoms with Crippen molar-refractivity contribution in [3.05, 3.63) is 42.0 Å². The van der Waals surface area contributed by atoms with Gasteiger partial charge in [-0.25, -0.2) is 0 Å². The number of aromatic hydroxyl groups is 1. The Labute approximate surface area is 114 Å². The Balaban J connectivity index is 2.13. The van der Waals surface area contributed by atoms with Gasteiger partial charge in [-0.15, -0.1) is 0 Å². The Hall–Kier alpha value is -1.58. The predicted octanol–water partition coefficient (Wildman–Crippen LogP) is 2.93. The topological polar surface area (TPSA) is 58.3 Å². The van der Waals surface area contributed by atoms with Gasteiger partial charge in [0.2, 0.25) is 0 Å². The van der Waals surface area contributed by atoms with Gasteiger partial charge in [-0.3, -0.25) is 0 Å². The fourth-order valence-electron chi connectivity index (χ4n) is 2.32. The summed E-state index contributed by atoms with van der Waals surface area (Å²) in [5.74, 6) is 0.386. The van der Waals surface area contributed by atoms with Crippen molar-refractivity contribution in [1.29, 1.82) is 0 Å². The SMILES string of the molecule is CC(NCCCCN)c1ccc2ccccc2c1O. The number of nitrogens with one attached hydrogen (secondary N) is 1. The number of phenolic OH excluding ortho intramolecular Hbond substituents is 1. The molecule has 3 heteroatoms. The highest BCUT2D eigenvalue weighted by Crippen LogP contribution is 2.32. The van der Waals surface area contributed by atoms with Gasteiger partial charge >= 0.3 is 0 Å². The second kappa shape index (κ2) is 6.55. The lowest BCUT2D eigenvalue weighted by Gasteiger charge is -2.16. The second-order valence-corrected chi connectivity index (χ2v) is 4.90. The van der Waals surface area contributed by atoms with Gasteiger partial charge in [0.15, 0.2) is 0 Å². The molecular formula is C16H22N2O. The van der Waals surface area contributed by atoms with E-state index in [0.717, 1.165) is 42.3 Å². The van der Waals surface area contributed by atoms with E-state index in [1.807, 2.05) is 30.3 Å². The summed E-state index contributed by atoms with van der Waals surface area (Å²) in [4.78, 5) is 0. The smallest absolute Gasteiger partial charge is 0.128 e. The summed E-state index contributed by atoms with van der Waals surface area (Å²) in [6.45, 7) is 3.73. The van der Waals surface area contributed by atoms with Crippen LogP contribution >= 0.6 is 0 Å². The minimum atomic E-state index is 0.141. The fraction of sp³-hybridized carbons (Fsp3) is 0.375. The highest BCUT2D eigenvalue weighted by atomic mass is 16.3. The Morgan fingerprint density at radius 2 is 1.95 bits per heavy atom. The summed E-state index contributed by atoms with van der Waals surface area (Å²) in [5.41, 5.74) is 6.43. The lowest BCUT2D eigenvalue weighted by Crippen LogP contribution is -2.20. The van der Waals surface area contributed by atoms with Crippen LogP contribution in [-0.4, -0.2) is 18.2 Å². The molecule has 0 aromatic heterocycles. The predicted molar refractivity (Wildman–Crippen MR) is 80.3 cm³/mol. The van der Waals surface area contributed by atoms with E-state index in [4.69, 9.17) is 5.73 Å². The monoisotopic (exact) mass is 258 g/mol. The lowest BCUT2D eigenvalue weighted by atomic mass is 10.0. The van der Waals surface area contributed by atoms with Crippen LogP contribution in [0.1, 0.15) is 31.4 Å². The minimum absolute atomic E-state index is 0.141. The molecule has 0 spiro atoms. The van der Waals surface area contributed by atoms with E-state index >= 15 is 0 Å². The number of benzene rings is 2. The molecule has 0 saturated carbocycles. The molecular weight excluding hydrogens is 236 g/mol. The summed E-state index contributed by atoms with van der Waals surface area (Å²) >= 11 is 0. The first-order valence-electron chi connectivity index (χ1n) is 6.88. The molecule has 2 rings (SSSR count). The van der Waals surface area contributed by atoms with Gasteiger partial charge in [-0.2, -0.15) is 0 Å². The van der Waals surface area contributed by atoms with Crippen molar-refractivity contribution in [2.75, 3.05) is 13.1 Å². The van der Waals surface area contributed by atoms with Gasteiger partial charge in [0.25, 0.3) is 0 Å². The summed E-state index contributed by atoms with van der Waals surface area (Å²) in [6.07, 6.45) is 2.10. The van der Waals surface area contributed by atoms with E-state index < -0.39 is 0 Å². The first-order chi connectivity index (χ1) is 9.24. The van der Waals surface area contributed by atoms with Gasteiger partial charge in [-0.05, 0) is 38.2 Å². The maximum absolute atomic E-state index is 10.4. The molecule has 1 unspecified atom stereocenters. The maximum Gasteiger partial charge on any atom is 0.128 e. The molecule has 19 heavy (non-hydrogen) atoms. The maximum atomic E-state index is 10.4. The first kappa shape index (κ1) is 13.8. The molecule has 0 aliphatic carbocycles. The van der Waals surface area contributed by atoms with Crippen molar-refractivity contribution >= 4 is 10.8 Å². The van der Waals surface area contributed by atoms with Crippen LogP contribution in [0.3, 0.4) is 0 Å². The van der Waals surface area contributed by atoms with Crippen LogP contribution in [0.4, 0.5) is 0 Å². The van der Waals surface area contributed by atoms with Crippen LogP contribution in [0.2, 0.25) is 0 Å². The zero-order chi connectivity index (χ0) is 13.7. The van der Waals surface area contributed by atoms with Crippen molar-refractivity contribution in [2.45, 2.75) is 25.8 Å². The molecule has 0 radical (unpaired) electrons. The lowest BCUT2D eigenvalue weighted by molar-refractivity contribution is 0.457. The van der Waals surface area contributed by atoms with E-state index in [1.54, 1.807) is 0 Å². The van der Waals surface area contributed by atoms with Gasteiger partial charge in [-0.1, -0.05) is 36.4 Å². The second-order valence-electron chi connectivity index (χ2n) is 4.90. The first-order valence-corrected chi connectivity index (χ1v) is 6.88. The molecule has 102 valence electrons. The molecule has 0 aliphatic heterocycles. The average molecular weight is 258 g/mol. The standard InChI is InChI=1S/C16H22N2O/c1-12(18-11-5-4-10-17)14-9-8-13-6-2-3-7-15(13)16(14)19/h2-3,6-9,12,18-19H,4-5,10-11,17H2,1H3. The van der Waals surface area contributed by atoms with E-state index in [-0.39, 0.29) is 6.04 Å². The molecule has 0 aliphatic rings. The van der Waals surface area contributed by atoms with Crippen molar-refractivity contribution in [1.82, 2.24) is 5.32 Å². The van der Waals surface area contributed by atoms with Crippen molar-refractivity contribution < 1.29 is 5.11 Å². The number of nitrogens with two attached hydrogens (primary N) is 1. The number of rotatable bonds is 6. The van der Waals surface area contributed by atoms with Crippen molar-refractivity contribution in [3.8, 4) is 5.75 Å².